The van der Waals surface area contributed by atoms with Crippen molar-refractivity contribution in [2.45, 2.75) is 24.2 Å². The molecule has 2 aliphatic rings. The fraction of sp³-hybridized carbons (Fsp3) is 0.333. The second-order valence-corrected chi connectivity index (χ2v) is 11.8. The molecule has 4 aromatic rings. The zero-order valence-corrected chi connectivity index (χ0v) is 19.1. The lowest BCUT2D eigenvalue weighted by atomic mass is 10.1. The van der Waals surface area contributed by atoms with Crippen molar-refractivity contribution < 1.29 is 13.2 Å². The topological polar surface area (TPSA) is 75.0 Å². The highest BCUT2D eigenvalue weighted by Gasteiger charge is 2.31. The van der Waals surface area contributed by atoms with Crippen LogP contribution in [0.15, 0.2) is 40.7 Å². The Morgan fingerprint density at radius 2 is 1.84 bits per heavy atom. The molecule has 3 aromatic heterocycles. The lowest BCUT2D eigenvalue weighted by Gasteiger charge is -2.33. The Morgan fingerprint density at radius 3 is 2.68 bits per heavy atom. The summed E-state index contributed by atoms with van der Waals surface area (Å²) >= 11 is 2.96. The molecule has 6 rings (SSSR count). The van der Waals surface area contributed by atoms with Crippen molar-refractivity contribution in [2.75, 3.05) is 26.2 Å². The molecule has 1 amide bonds. The lowest BCUT2D eigenvalue weighted by molar-refractivity contribution is 0.0703. The van der Waals surface area contributed by atoms with Crippen LogP contribution in [0.1, 0.15) is 27.2 Å². The first-order chi connectivity index (χ1) is 15.0. The first kappa shape index (κ1) is 19.4. The molecular weight excluding hydrogens is 452 g/mol. The van der Waals surface area contributed by atoms with Crippen molar-refractivity contribution >= 4 is 53.9 Å². The number of aryl methyl sites for hydroxylation is 2. The quantitative estimate of drug-likeness (QED) is 0.459. The maximum Gasteiger partial charge on any atom is 0.264 e. The van der Waals surface area contributed by atoms with Crippen LogP contribution in [0.2, 0.25) is 0 Å². The predicted octanol–water partition coefficient (Wildman–Crippen LogP) is 3.25. The van der Waals surface area contributed by atoms with Crippen LogP contribution in [0.5, 0.6) is 0 Å². The third kappa shape index (κ3) is 3.12. The summed E-state index contributed by atoms with van der Waals surface area (Å²) in [6.45, 7) is 1.40. The zero-order valence-electron chi connectivity index (χ0n) is 16.7. The van der Waals surface area contributed by atoms with E-state index < -0.39 is 10.0 Å². The molecule has 160 valence electrons. The number of piperazine rings is 1. The number of thiophene rings is 1. The largest absolute Gasteiger partial charge is 0.335 e. The summed E-state index contributed by atoms with van der Waals surface area (Å²) in [5.41, 5.74) is 3.36. The molecule has 7 nitrogen and oxygen atoms in total. The van der Waals surface area contributed by atoms with Crippen LogP contribution in [0, 0.1) is 0 Å². The molecule has 31 heavy (non-hydrogen) atoms. The number of benzene rings is 1. The van der Waals surface area contributed by atoms with Crippen LogP contribution in [-0.2, 0) is 22.9 Å². The van der Waals surface area contributed by atoms with Crippen LogP contribution < -0.4 is 0 Å². The Labute approximate surface area is 187 Å². The smallest absolute Gasteiger partial charge is 0.264 e. The van der Waals surface area contributed by atoms with Crippen molar-refractivity contribution in [3.63, 3.8) is 0 Å². The number of hydrogen-bond donors (Lipinski definition) is 0. The summed E-state index contributed by atoms with van der Waals surface area (Å²) in [7, 11) is -3.54. The summed E-state index contributed by atoms with van der Waals surface area (Å²) in [4.78, 5) is 22.1. The number of rotatable bonds is 3. The molecule has 0 N–H and O–H groups in total. The van der Waals surface area contributed by atoms with Gasteiger partial charge in [0.1, 0.15) is 4.83 Å². The van der Waals surface area contributed by atoms with E-state index in [2.05, 4.69) is 4.98 Å². The van der Waals surface area contributed by atoms with Crippen LogP contribution >= 0.6 is 22.7 Å². The van der Waals surface area contributed by atoms with E-state index in [4.69, 9.17) is 0 Å². The number of amides is 1. The van der Waals surface area contributed by atoms with Gasteiger partial charge in [-0.2, -0.15) is 4.31 Å². The molecule has 0 saturated carbocycles. The number of thiazole rings is 1. The fourth-order valence-electron chi connectivity index (χ4n) is 4.50. The Morgan fingerprint density at radius 1 is 1.03 bits per heavy atom. The third-order valence-corrected chi connectivity index (χ3v) is 9.84. The Bertz CT molecular complexity index is 1420. The Hall–Kier alpha value is -2.27. The fourth-order valence-corrected chi connectivity index (χ4v) is 7.74. The minimum absolute atomic E-state index is 0.0541. The van der Waals surface area contributed by atoms with Crippen molar-refractivity contribution in [3.05, 3.63) is 51.8 Å². The molecule has 0 spiro atoms. The van der Waals surface area contributed by atoms with E-state index >= 15 is 0 Å². The first-order valence-corrected chi connectivity index (χ1v) is 13.4. The molecule has 0 atom stereocenters. The molecule has 0 bridgehead atoms. The lowest BCUT2D eigenvalue weighted by Crippen LogP contribution is -2.50. The van der Waals surface area contributed by atoms with Gasteiger partial charge in [-0.05, 0) is 48.6 Å². The van der Waals surface area contributed by atoms with E-state index in [-0.39, 0.29) is 5.91 Å². The number of aromatic nitrogens is 2. The molecule has 1 aliphatic heterocycles. The van der Waals surface area contributed by atoms with E-state index in [0.717, 1.165) is 40.1 Å². The van der Waals surface area contributed by atoms with Gasteiger partial charge in [0.25, 0.3) is 5.91 Å². The monoisotopic (exact) mass is 472 g/mol. The Kier molecular flexibility index (Phi) is 4.46. The molecule has 1 aliphatic carbocycles. The molecular formula is C21H20N4O3S3. The van der Waals surface area contributed by atoms with Crippen LogP contribution in [0.4, 0.5) is 0 Å². The van der Waals surface area contributed by atoms with Gasteiger partial charge in [-0.1, -0.05) is 6.07 Å². The highest BCUT2D eigenvalue weighted by Crippen LogP contribution is 2.30. The number of nitrogens with zero attached hydrogens (tertiary/aromatic N) is 4. The predicted molar refractivity (Wildman–Crippen MR) is 122 cm³/mol. The molecule has 0 radical (unpaired) electrons. The third-order valence-electron chi connectivity index (χ3n) is 6.18. The van der Waals surface area contributed by atoms with Gasteiger partial charge in [0.05, 0.1) is 15.3 Å². The molecule has 1 saturated heterocycles. The number of fused-ring (bicyclic) bond motifs is 4. The maximum atomic E-state index is 13.1. The van der Waals surface area contributed by atoms with E-state index in [0.29, 0.717) is 36.0 Å². The highest BCUT2D eigenvalue weighted by atomic mass is 32.2. The van der Waals surface area contributed by atoms with Gasteiger partial charge in [-0.25, -0.2) is 13.4 Å². The van der Waals surface area contributed by atoms with Crippen molar-refractivity contribution in [1.29, 1.82) is 0 Å². The van der Waals surface area contributed by atoms with Crippen LogP contribution in [0.3, 0.4) is 0 Å². The second kappa shape index (κ2) is 7.13. The molecule has 0 unspecified atom stereocenters. The number of sulfonamides is 1. The highest BCUT2D eigenvalue weighted by molar-refractivity contribution is 7.89. The van der Waals surface area contributed by atoms with Crippen molar-refractivity contribution in [2.24, 2.45) is 0 Å². The normalized spacial score (nSPS) is 17.6. The molecule has 4 heterocycles. The van der Waals surface area contributed by atoms with E-state index in [9.17, 15) is 13.2 Å². The van der Waals surface area contributed by atoms with E-state index in [1.807, 2.05) is 34.2 Å². The number of carbonyl (C=O) groups excluding carboxylic acids is 1. The summed E-state index contributed by atoms with van der Waals surface area (Å²) in [5.74, 6) is -0.0541. The minimum Gasteiger partial charge on any atom is -0.335 e. The van der Waals surface area contributed by atoms with Gasteiger partial charge in [0.2, 0.25) is 10.0 Å². The van der Waals surface area contributed by atoms with Gasteiger partial charge >= 0.3 is 0 Å². The van der Waals surface area contributed by atoms with Gasteiger partial charge in [-0.15, -0.1) is 22.7 Å². The maximum absolute atomic E-state index is 13.1. The van der Waals surface area contributed by atoms with Gasteiger partial charge < -0.3 is 4.90 Å². The summed E-state index contributed by atoms with van der Waals surface area (Å²) in [5, 5.41) is 1.97. The van der Waals surface area contributed by atoms with Crippen LogP contribution in [-0.4, -0.2) is 59.1 Å². The van der Waals surface area contributed by atoms with E-state index in [1.165, 1.54) is 21.2 Å². The standard InChI is InChI=1S/C21H20N4O3S3/c26-20(18-13-17-19(30-18)22-21-25(17)10-11-29-21)23-6-8-24(9-7-23)31(27,28)16-5-4-14-2-1-3-15(14)12-16/h4-5,10-13H,1-3,6-9H2. The number of imidazole rings is 1. The minimum atomic E-state index is -3.54. The SMILES string of the molecule is O=C(c1cc2c(nc3sccn32)s1)N1CCN(S(=O)(=O)c2ccc3c(c2)CCC3)CC1. The summed E-state index contributed by atoms with van der Waals surface area (Å²) in [6, 6.07) is 7.40. The first-order valence-electron chi connectivity index (χ1n) is 10.3. The summed E-state index contributed by atoms with van der Waals surface area (Å²) in [6.07, 6.45) is 5.02. The number of hydrogen-bond acceptors (Lipinski definition) is 6. The van der Waals surface area contributed by atoms with Gasteiger partial charge in [-0.3, -0.25) is 9.20 Å². The summed E-state index contributed by atoms with van der Waals surface area (Å²) < 4.78 is 29.8. The van der Waals surface area contributed by atoms with E-state index in [1.54, 1.807) is 22.3 Å². The molecule has 10 heteroatoms. The average Bonchev–Trinajstić information content (AvgIpc) is 3.54. The molecule has 1 aromatic carbocycles. The van der Waals surface area contributed by atoms with Crippen molar-refractivity contribution in [1.82, 2.24) is 18.6 Å². The Balaban J connectivity index is 1.18. The molecule has 1 fully saturated rings. The van der Waals surface area contributed by atoms with Gasteiger partial charge in [0.15, 0.2) is 4.96 Å². The number of carbonyl (C=O) groups is 1. The zero-order chi connectivity index (χ0) is 21.2. The van der Waals surface area contributed by atoms with Gasteiger partial charge in [0, 0.05) is 37.8 Å². The van der Waals surface area contributed by atoms with Crippen LogP contribution in [0.25, 0.3) is 15.3 Å². The average molecular weight is 473 g/mol. The van der Waals surface area contributed by atoms with Crippen molar-refractivity contribution in [3.8, 4) is 0 Å². The second-order valence-electron chi connectivity index (χ2n) is 7.95.